The van der Waals surface area contributed by atoms with E-state index in [-0.39, 0.29) is 5.97 Å². The average molecular weight is 452 g/mol. The summed E-state index contributed by atoms with van der Waals surface area (Å²) in [6.45, 7) is 0. The molecule has 0 spiro atoms. The lowest BCUT2D eigenvalue weighted by Gasteiger charge is -2.21. The maximum Gasteiger partial charge on any atom is 0.338 e. The SMILES string of the molecule is COc1cc2c(c(OC)c1OC)-c1ccc(SC)cc1[C@@H](OC(=O)c1ccncc1)CC2. The van der Waals surface area contributed by atoms with Crippen molar-refractivity contribution < 1.29 is 23.7 Å². The number of carbonyl (C=O) groups is 1. The highest BCUT2D eigenvalue weighted by Gasteiger charge is 2.31. The summed E-state index contributed by atoms with van der Waals surface area (Å²) in [4.78, 5) is 17.9. The molecule has 1 heterocycles. The van der Waals surface area contributed by atoms with Gasteiger partial charge in [-0.05, 0) is 60.6 Å². The number of nitrogens with zero attached hydrogens (tertiary/aromatic N) is 1. The Bertz CT molecular complexity index is 1130. The standard InChI is InChI=1S/C25H25NO5S/c1-28-21-13-16-5-8-20(31-25(27)15-9-11-26-12-10-15)19-14-17(32-4)6-7-18(19)22(16)24(30-3)23(21)29-2/h6-7,9-14,20H,5,8H2,1-4H3/t20-/m0/s1. The molecule has 0 saturated carbocycles. The first-order valence-corrected chi connectivity index (χ1v) is 11.4. The molecule has 4 rings (SSSR count). The number of thioether (sulfide) groups is 1. The maximum atomic E-state index is 12.9. The monoisotopic (exact) mass is 451 g/mol. The van der Waals surface area contributed by atoms with Gasteiger partial charge in [-0.3, -0.25) is 4.98 Å². The highest BCUT2D eigenvalue weighted by molar-refractivity contribution is 7.98. The molecule has 6 nitrogen and oxygen atoms in total. The third-order valence-electron chi connectivity index (χ3n) is 5.63. The van der Waals surface area contributed by atoms with Gasteiger partial charge in [-0.15, -0.1) is 11.8 Å². The Labute approximate surface area is 191 Å². The summed E-state index contributed by atoms with van der Waals surface area (Å²) < 4.78 is 23.0. The molecule has 0 fully saturated rings. The molecule has 0 radical (unpaired) electrons. The number of hydrogen-bond acceptors (Lipinski definition) is 7. The van der Waals surface area contributed by atoms with Crippen LogP contribution in [0.3, 0.4) is 0 Å². The zero-order valence-corrected chi connectivity index (χ0v) is 19.3. The Morgan fingerprint density at radius 2 is 1.75 bits per heavy atom. The fraction of sp³-hybridized carbons (Fsp3) is 0.280. The quantitative estimate of drug-likeness (QED) is 0.370. The number of fused-ring (bicyclic) bond motifs is 3. The number of esters is 1. The van der Waals surface area contributed by atoms with Crippen LogP contribution in [0.2, 0.25) is 0 Å². The molecule has 0 unspecified atom stereocenters. The van der Waals surface area contributed by atoms with Crippen molar-refractivity contribution in [1.29, 1.82) is 0 Å². The van der Waals surface area contributed by atoms with Gasteiger partial charge in [0.05, 0.1) is 26.9 Å². The van der Waals surface area contributed by atoms with Crippen molar-refractivity contribution in [3.63, 3.8) is 0 Å². The molecular weight excluding hydrogens is 426 g/mol. The Balaban J connectivity index is 1.86. The summed E-state index contributed by atoms with van der Waals surface area (Å²) >= 11 is 1.65. The van der Waals surface area contributed by atoms with E-state index >= 15 is 0 Å². The Morgan fingerprint density at radius 1 is 1.00 bits per heavy atom. The smallest absolute Gasteiger partial charge is 0.338 e. The number of carbonyl (C=O) groups excluding carboxylic acids is 1. The molecule has 1 atom stereocenters. The van der Waals surface area contributed by atoms with Crippen molar-refractivity contribution in [1.82, 2.24) is 4.98 Å². The van der Waals surface area contributed by atoms with E-state index in [4.69, 9.17) is 18.9 Å². The number of ether oxygens (including phenoxy) is 4. The minimum atomic E-state index is -0.410. The van der Waals surface area contributed by atoms with Crippen LogP contribution >= 0.6 is 11.8 Å². The second-order valence-electron chi connectivity index (χ2n) is 7.30. The first-order chi connectivity index (χ1) is 15.6. The van der Waals surface area contributed by atoms with E-state index < -0.39 is 6.10 Å². The van der Waals surface area contributed by atoms with Crippen LogP contribution in [0.1, 0.15) is 34.0 Å². The van der Waals surface area contributed by atoms with E-state index in [0.29, 0.717) is 35.7 Å². The van der Waals surface area contributed by atoms with Gasteiger partial charge in [0.1, 0.15) is 6.10 Å². The average Bonchev–Trinajstić information content (AvgIpc) is 2.99. The fourth-order valence-electron chi connectivity index (χ4n) is 4.11. The largest absolute Gasteiger partial charge is 0.493 e. The summed E-state index contributed by atoms with van der Waals surface area (Å²) in [6.07, 6.45) is 6.10. The van der Waals surface area contributed by atoms with Gasteiger partial charge in [0.25, 0.3) is 0 Å². The van der Waals surface area contributed by atoms with Crippen LogP contribution in [0.5, 0.6) is 17.2 Å². The molecule has 1 aromatic heterocycles. The second-order valence-corrected chi connectivity index (χ2v) is 8.18. The maximum absolute atomic E-state index is 12.9. The minimum absolute atomic E-state index is 0.369. The predicted molar refractivity (Wildman–Crippen MR) is 124 cm³/mol. The Morgan fingerprint density at radius 3 is 2.41 bits per heavy atom. The summed E-state index contributed by atoms with van der Waals surface area (Å²) in [5.74, 6) is 1.39. The summed E-state index contributed by atoms with van der Waals surface area (Å²) in [5.41, 5.74) is 4.38. The van der Waals surface area contributed by atoms with Crippen LogP contribution in [-0.2, 0) is 11.2 Å². The third-order valence-corrected chi connectivity index (χ3v) is 6.35. The summed E-state index contributed by atoms with van der Waals surface area (Å²) in [5, 5.41) is 0. The van der Waals surface area contributed by atoms with Crippen molar-refractivity contribution in [2.75, 3.05) is 27.6 Å². The van der Waals surface area contributed by atoms with E-state index in [1.165, 1.54) is 0 Å². The molecule has 3 aromatic rings. The van der Waals surface area contributed by atoms with Crippen molar-refractivity contribution in [2.24, 2.45) is 0 Å². The van der Waals surface area contributed by atoms with Gasteiger partial charge in [0, 0.05) is 28.4 Å². The van der Waals surface area contributed by atoms with E-state index in [0.717, 1.165) is 27.1 Å². The minimum Gasteiger partial charge on any atom is -0.493 e. The molecule has 1 aliphatic carbocycles. The van der Waals surface area contributed by atoms with E-state index in [1.54, 1.807) is 57.6 Å². The Hall–Kier alpha value is -3.19. The van der Waals surface area contributed by atoms with Gasteiger partial charge in [-0.1, -0.05) is 6.07 Å². The van der Waals surface area contributed by atoms with Gasteiger partial charge in [-0.2, -0.15) is 0 Å². The molecule has 2 aromatic carbocycles. The number of methoxy groups -OCH3 is 3. The number of benzene rings is 2. The van der Waals surface area contributed by atoms with Crippen LogP contribution in [0, 0.1) is 0 Å². The molecule has 166 valence electrons. The zero-order valence-electron chi connectivity index (χ0n) is 18.5. The number of pyridine rings is 1. The molecule has 0 saturated heterocycles. The number of rotatable bonds is 6. The van der Waals surface area contributed by atoms with Crippen molar-refractivity contribution in [2.45, 2.75) is 23.8 Å². The van der Waals surface area contributed by atoms with Crippen molar-refractivity contribution in [3.8, 4) is 28.4 Å². The molecule has 0 amide bonds. The van der Waals surface area contributed by atoms with E-state index in [2.05, 4.69) is 23.2 Å². The van der Waals surface area contributed by atoms with Crippen molar-refractivity contribution >= 4 is 17.7 Å². The van der Waals surface area contributed by atoms with Crippen LogP contribution in [0.15, 0.2) is 53.7 Å². The molecule has 0 aliphatic heterocycles. The first-order valence-electron chi connectivity index (χ1n) is 10.2. The topological polar surface area (TPSA) is 66.9 Å². The van der Waals surface area contributed by atoms with Crippen LogP contribution in [0.4, 0.5) is 0 Å². The summed E-state index contributed by atoms with van der Waals surface area (Å²) in [7, 11) is 4.83. The van der Waals surface area contributed by atoms with Crippen molar-refractivity contribution in [3.05, 3.63) is 65.5 Å². The lowest BCUT2D eigenvalue weighted by molar-refractivity contribution is 0.0280. The molecular formula is C25H25NO5S. The number of aryl methyl sites for hydroxylation is 1. The molecule has 32 heavy (non-hydrogen) atoms. The summed E-state index contributed by atoms with van der Waals surface area (Å²) in [6, 6.07) is 11.5. The van der Waals surface area contributed by atoms with Crippen LogP contribution in [0.25, 0.3) is 11.1 Å². The number of aromatic nitrogens is 1. The number of hydrogen-bond donors (Lipinski definition) is 0. The normalized spacial score (nSPS) is 14.6. The van der Waals surface area contributed by atoms with Gasteiger partial charge >= 0.3 is 5.97 Å². The van der Waals surface area contributed by atoms with E-state index in [1.807, 2.05) is 12.3 Å². The highest BCUT2D eigenvalue weighted by Crippen LogP contribution is 2.51. The first kappa shape index (κ1) is 22.0. The molecule has 0 N–H and O–H groups in total. The predicted octanol–water partition coefficient (Wildman–Crippen LogP) is 5.34. The second kappa shape index (κ2) is 9.53. The Kier molecular flexibility index (Phi) is 6.55. The molecule has 0 bridgehead atoms. The van der Waals surface area contributed by atoms with Gasteiger partial charge in [-0.25, -0.2) is 4.79 Å². The highest BCUT2D eigenvalue weighted by atomic mass is 32.2. The lowest BCUT2D eigenvalue weighted by atomic mass is 9.94. The van der Waals surface area contributed by atoms with Crippen LogP contribution < -0.4 is 14.2 Å². The van der Waals surface area contributed by atoms with E-state index in [9.17, 15) is 4.79 Å². The molecule has 7 heteroatoms. The third kappa shape index (κ3) is 4.00. The fourth-order valence-corrected chi connectivity index (χ4v) is 4.56. The van der Waals surface area contributed by atoms with Gasteiger partial charge in [0.2, 0.25) is 5.75 Å². The molecule has 1 aliphatic rings. The van der Waals surface area contributed by atoms with Crippen LogP contribution in [-0.4, -0.2) is 38.5 Å². The lowest BCUT2D eigenvalue weighted by Crippen LogP contribution is -2.12. The zero-order chi connectivity index (χ0) is 22.7. The van der Waals surface area contributed by atoms with Gasteiger partial charge in [0.15, 0.2) is 11.5 Å². The van der Waals surface area contributed by atoms with Gasteiger partial charge < -0.3 is 18.9 Å².